The van der Waals surface area contributed by atoms with Crippen LogP contribution in [0.15, 0.2) is 42.6 Å². The van der Waals surface area contributed by atoms with Crippen LogP contribution in [0.3, 0.4) is 0 Å². The number of aromatic nitrogens is 1. The summed E-state index contributed by atoms with van der Waals surface area (Å²) in [7, 11) is 3.68. The molecule has 0 bridgehead atoms. The SMILES string of the molecule is CNC(Cc1ccnc(N)c1)Cc1ccccc1OC. The zero-order chi connectivity index (χ0) is 14.4. The Hall–Kier alpha value is -2.07. The van der Waals surface area contributed by atoms with Gasteiger partial charge in [0, 0.05) is 12.2 Å². The van der Waals surface area contributed by atoms with Crippen LogP contribution in [0.5, 0.6) is 5.75 Å². The monoisotopic (exact) mass is 271 g/mol. The highest BCUT2D eigenvalue weighted by atomic mass is 16.5. The number of benzene rings is 1. The lowest BCUT2D eigenvalue weighted by Gasteiger charge is -2.18. The van der Waals surface area contributed by atoms with E-state index in [0.717, 1.165) is 18.6 Å². The number of ether oxygens (including phenoxy) is 1. The number of hydrogen-bond donors (Lipinski definition) is 2. The van der Waals surface area contributed by atoms with E-state index in [1.54, 1.807) is 13.3 Å². The first-order chi connectivity index (χ1) is 9.72. The number of hydrogen-bond acceptors (Lipinski definition) is 4. The second-order valence-corrected chi connectivity index (χ2v) is 4.79. The Kier molecular flexibility index (Phi) is 4.96. The maximum atomic E-state index is 5.72. The summed E-state index contributed by atoms with van der Waals surface area (Å²) >= 11 is 0. The van der Waals surface area contributed by atoms with Crippen molar-refractivity contribution in [3.63, 3.8) is 0 Å². The molecule has 1 aromatic heterocycles. The smallest absolute Gasteiger partial charge is 0.123 e. The molecule has 0 aliphatic heterocycles. The fourth-order valence-corrected chi connectivity index (χ4v) is 2.32. The molecule has 1 heterocycles. The summed E-state index contributed by atoms with van der Waals surface area (Å²) in [6.07, 6.45) is 3.56. The number of likely N-dealkylation sites (N-methyl/N-ethyl adjacent to an activating group) is 1. The lowest BCUT2D eigenvalue weighted by atomic mass is 9.99. The van der Waals surface area contributed by atoms with Crippen molar-refractivity contribution < 1.29 is 4.74 Å². The first kappa shape index (κ1) is 14.3. The van der Waals surface area contributed by atoms with E-state index in [4.69, 9.17) is 10.5 Å². The summed E-state index contributed by atoms with van der Waals surface area (Å²) in [6.45, 7) is 0. The summed E-state index contributed by atoms with van der Waals surface area (Å²) in [4.78, 5) is 4.02. The number of nitrogen functional groups attached to an aromatic ring is 1. The molecule has 1 aromatic carbocycles. The molecule has 0 saturated carbocycles. The minimum atomic E-state index is 0.327. The van der Waals surface area contributed by atoms with Crippen LogP contribution >= 0.6 is 0 Å². The van der Waals surface area contributed by atoms with Crippen molar-refractivity contribution in [1.82, 2.24) is 10.3 Å². The molecule has 0 aliphatic carbocycles. The third kappa shape index (κ3) is 3.71. The van der Waals surface area contributed by atoms with Gasteiger partial charge in [-0.1, -0.05) is 18.2 Å². The molecule has 0 saturated heterocycles. The molecule has 0 amide bonds. The van der Waals surface area contributed by atoms with Crippen molar-refractivity contribution in [2.45, 2.75) is 18.9 Å². The lowest BCUT2D eigenvalue weighted by molar-refractivity contribution is 0.406. The van der Waals surface area contributed by atoms with Crippen molar-refractivity contribution in [1.29, 1.82) is 0 Å². The summed E-state index contributed by atoms with van der Waals surface area (Å²) in [5.41, 5.74) is 8.11. The predicted octanol–water partition coefficient (Wildman–Crippen LogP) is 2.05. The highest BCUT2D eigenvalue weighted by Gasteiger charge is 2.11. The van der Waals surface area contributed by atoms with Crippen LogP contribution in [-0.4, -0.2) is 25.2 Å². The normalized spacial score (nSPS) is 12.1. The first-order valence-corrected chi connectivity index (χ1v) is 6.72. The Balaban J connectivity index is 2.09. The maximum absolute atomic E-state index is 5.72. The molecule has 4 nitrogen and oxygen atoms in total. The topological polar surface area (TPSA) is 60.2 Å². The lowest BCUT2D eigenvalue weighted by Crippen LogP contribution is -2.30. The molecule has 2 rings (SSSR count). The van der Waals surface area contributed by atoms with Crippen molar-refractivity contribution in [2.24, 2.45) is 0 Å². The Morgan fingerprint density at radius 2 is 2.05 bits per heavy atom. The maximum Gasteiger partial charge on any atom is 0.123 e. The van der Waals surface area contributed by atoms with Crippen LogP contribution in [0, 0.1) is 0 Å². The van der Waals surface area contributed by atoms with Gasteiger partial charge in [-0.05, 0) is 49.2 Å². The van der Waals surface area contributed by atoms with E-state index in [-0.39, 0.29) is 0 Å². The molecule has 3 N–H and O–H groups in total. The minimum Gasteiger partial charge on any atom is -0.496 e. The molecule has 106 valence electrons. The summed E-state index contributed by atoms with van der Waals surface area (Å²) in [5.74, 6) is 1.50. The second kappa shape index (κ2) is 6.91. The van der Waals surface area contributed by atoms with Gasteiger partial charge < -0.3 is 15.8 Å². The standard InChI is InChI=1S/C16H21N3O/c1-18-14(9-12-7-8-19-16(17)10-12)11-13-5-3-4-6-15(13)20-2/h3-8,10,14,18H,9,11H2,1-2H3,(H2,17,19). The van der Waals surface area contributed by atoms with Gasteiger partial charge in [0.1, 0.15) is 11.6 Å². The van der Waals surface area contributed by atoms with Crippen LogP contribution in [-0.2, 0) is 12.8 Å². The van der Waals surface area contributed by atoms with Crippen LogP contribution in [0.25, 0.3) is 0 Å². The van der Waals surface area contributed by atoms with Crippen molar-refractivity contribution in [3.05, 3.63) is 53.7 Å². The first-order valence-electron chi connectivity index (χ1n) is 6.72. The molecule has 1 unspecified atom stereocenters. The Morgan fingerprint density at radius 3 is 2.75 bits per heavy atom. The van der Waals surface area contributed by atoms with Gasteiger partial charge >= 0.3 is 0 Å². The zero-order valence-electron chi connectivity index (χ0n) is 12.0. The number of nitrogens with two attached hydrogens (primary N) is 1. The minimum absolute atomic E-state index is 0.327. The van der Waals surface area contributed by atoms with Crippen molar-refractivity contribution >= 4 is 5.82 Å². The molecule has 1 atom stereocenters. The van der Waals surface area contributed by atoms with Gasteiger partial charge in [0.2, 0.25) is 0 Å². The van der Waals surface area contributed by atoms with Crippen molar-refractivity contribution in [3.8, 4) is 5.75 Å². The highest BCUT2D eigenvalue weighted by molar-refractivity contribution is 5.35. The van der Waals surface area contributed by atoms with Crippen LogP contribution in [0.4, 0.5) is 5.82 Å². The van der Waals surface area contributed by atoms with E-state index in [1.807, 2.05) is 37.4 Å². The molecule has 4 heteroatoms. The summed E-state index contributed by atoms with van der Waals surface area (Å²) in [5, 5.41) is 3.35. The quantitative estimate of drug-likeness (QED) is 0.844. The summed E-state index contributed by atoms with van der Waals surface area (Å²) < 4.78 is 5.40. The van der Waals surface area contributed by atoms with Gasteiger partial charge in [-0.15, -0.1) is 0 Å². The van der Waals surface area contributed by atoms with E-state index in [0.29, 0.717) is 11.9 Å². The Labute approximate surface area is 120 Å². The second-order valence-electron chi connectivity index (χ2n) is 4.79. The van der Waals surface area contributed by atoms with Gasteiger partial charge in [0.05, 0.1) is 7.11 Å². The van der Waals surface area contributed by atoms with E-state index in [9.17, 15) is 0 Å². The molecule has 0 radical (unpaired) electrons. The van der Waals surface area contributed by atoms with E-state index in [1.165, 1.54) is 11.1 Å². The Morgan fingerprint density at radius 1 is 1.25 bits per heavy atom. The number of nitrogens with zero attached hydrogens (tertiary/aromatic N) is 1. The summed E-state index contributed by atoms with van der Waals surface area (Å²) in [6, 6.07) is 12.4. The average molecular weight is 271 g/mol. The van der Waals surface area contributed by atoms with Crippen LogP contribution in [0.1, 0.15) is 11.1 Å². The molecule has 2 aromatic rings. The molecule has 0 aliphatic rings. The number of para-hydroxylation sites is 1. The van der Waals surface area contributed by atoms with Gasteiger partial charge in [-0.2, -0.15) is 0 Å². The van der Waals surface area contributed by atoms with Gasteiger partial charge in [0.25, 0.3) is 0 Å². The predicted molar refractivity (Wildman–Crippen MR) is 81.9 cm³/mol. The Bertz CT molecular complexity index is 557. The van der Waals surface area contributed by atoms with E-state index in [2.05, 4.69) is 16.4 Å². The van der Waals surface area contributed by atoms with Crippen LogP contribution in [0.2, 0.25) is 0 Å². The third-order valence-electron chi connectivity index (χ3n) is 3.39. The third-order valence-corrected chi connectivity index (χ3v) is 3.39. The number of anilines is 1. The number of pyridine rings is 1. The van der Waals surface area contributed by atoms with Crippen molar-refractivity contribution in [2.75, 3.05) is 19.9 Å². The average Bonchev–Trinajstić information content (AvgIpc) is 2.47. The number of methoxy groups -OCH3 is 1. The number of rotatable bonds is 6. The van der Waals surface area contributed by atoms with Gasteiger partial charge in [-0.3, -0.25) is 0 Å². The molecular formula is C16H21N3O. The molecule has 0 spiro atoms. The van der Waals surface area contributed by atoms with Gasteiger partial charge in [0.15, 0.2) is 0 Å². The van der Waals surface area contributed by atoms with Gasteiger partial charge in [-0.25, -0.2) is 4.98 Å². The fourth-order valence-electron chi connectivity index (χ4n) is 2.32. The molecular weight excluding hydrogens is 250 g/mol. The largest absolute Gasteiger partial charge is 0.496 e. The molecule has 20 heavy (non-hydrogen) atoms. The zero-order valence-corrected chi connectivity index (χ0v) is 12.0. The van der Waals surface area contributed by atoms with E-state index < -0.39 is 0 Å². The van der Waals surface area contributed by atoms with Crippen LogP contribution < -0.4 is 15.8 Å². The molecule has 0 fully saturated rings. The highest BCUT2D eigenvalue weighted by Crippen LogP contribution is 2.20. The fraction of sp³-hybridized carbons (Fsp3) is 0.312. The number of nitrogens with one attached hydrogen (secondary N) is 1. The van der Waals surface area contributed by atoms with E-state index >= 15 is 0 Å².